The van der Waals surface area contributed by atoms with Crippen molar-refractivity contribution in [2.75, 3.05) is 11.6 Å². The van der Waals surface area contributed by atoms with Gasteiger partial charge in [-0.25, -0.2) is 4.39 Å². The van der Waals surface area contributed by atoms with Crippen LogP contribution in [0.1, 0.15) is 24.8 Å². The quantitative estimate of drug-likeness (QED) is 0.941. The number of hydrazone groups is 1. The first-order valence-electron chi connectivity index (χ1n) is 8.22. The lowest BCUT2D eigenvalue weighted by atomic mass is 9.85. The molecule has 5 heteroatoms. The second kappa shape index (κ2) is 5.91. The molecular weight excluding hydrogens is 307 g/mol. The summed E-state index contributed by atoms with van der Waals surface area (Å²) in [6.45, 7) is 2.37. The average molecular weight is 326 g/mol. The van der Waals surface area contributed by atoms with Crippen molar-refractivity contribution in [2.45, 2.75) is 31.4 Å². The number of aliphatic hydroxyl groups excluding tert-OH is 1. The molecule has 124 valence electrons. The first kappa shape index (κ1) is 15.1. The van der Waals surface area contributed by atoms with Gasteiger partial charge in [-0.15, -0.1) is 0 Å². The molecule has 0 fully saturated rings. The number of benzene rings is 2. The highest BCUT2D eigenvalue weighted by Crippen LogP contribution is 2.43. The van der Waals surface area contributed by atoms with E-state index in [1.165, 1.54) is 12.1 Å². The first-order valence-corrected chi connectivity index (χ1v) is 8.22. The largest absolute Gasteiger partial charge is 0.489 e. The van der Waals surface area contributed by atoms with Crippen LogP contribution < -0.4 is 9.75 Å². The smallest absolute Gasteiger partial charge is 0.144 e. The Kier molecular flexibility index (Phi) is 3.73. The fourth-order valence-electron chi connectivity index (χ4n) is 3.50. The molecule has 0 aliphatic carbocycles. The molecule has 2 aromatic rings. The van der Waals surface area contributed by atoms with E-state index in [1.54, 1.807) is 6.07 Å². The van der Waals surface area contributed by atoms with Crippen LogP contribution >= 0.6 is 0 Å². The Morgan fingerprint density at radius 1 is 1.29 bits per heavy atom. The van der Waals surface area contributed by atoms with Crippen LogP contribution in [0.2, 0.25) is 0 Å². The van der Waals surface area contributed by atoms with Gasteiger partial charge in [0.1, 0.15) is 23.9 Å². The molecule has 0 aromatic heterocycles. The van der Waals surface area contributed by atoms with Crippen LogP contribution in [0.5, 0.6) is 5.75 Å². The molecule has 4 nitrogen and oxygen atoms in total. The molecule has 0 amide bonds. The number of hydrogen-bond acceptors (Lipinski definition) is 4. The number of nitrogens with zero attached hydrogens (tertiary/aromatic N) is 2. The predicted octanol–water partition coefficient (Wildman–Crippen LogP) is 3.32. The normalized spacial score (nSPS) is 23.1. The topological polar surface area (TPSA) is 45.1 Å². The maximum atomic E-state index is 13.7. The summed E-state index contributed by atoms with van der Waals surface area (Å²) in [5, 5.41) is 17.0. The van der Waals surface area contributed by atoms with Crippen molar-refractivity contribution in [3.05, 3.63) is 59.9 Å². The van der Waals surface area contributed by atoms with Gasteiger partial charge >= 0.3 is 0 Å². The van der Waals surface area contributed by atoms with Crippen LogP contribution in [0.4, 0.5) is 10.1 Å². The number of ether oxygens (including phenoxy) is 1. The lowest BCUT2D eigenvalue weighted by Crippen LogP contribution is -2.41. The zero-order valence-electron chi connectivity index (χ0n) is 13.4. The van der Waals surface area contributed by atoms with E-state index in [0.29, 0.717) is 24.5 Å². The number of fused-ring (bicyclic) bond motifs is 3. The van der Waals surface area contributed by atoms with Crippen molar-refractivity contribution in [1.29, 1.82) is 0 Å². The second-order valence-electron chi connectivity index (χ2n) is 6.17. The van der Waals surface area contributed by atoms with Gasteiger partial charge in [0, 0.05) is 6.07 Å². The Morgan fingerprint density at radius 3 is 2.83 bits per heavy atom. The van der Waals surface area contributed by atoms with E-state index in [0.717, 1.165) is 11.3 Å². The summed E-state index contributed by atoms with van der Waals surface area (Å²) in [7, 11) is 0. The third-order valence-corrected chi connectivity index (χ3v) is 4.70. The molecule has 3 atom stereocenters. The highest BCUT2D eigenvalue weighted by molar-refractivity contribution is 5.98. The molecule has 0 saturated carbocycles. The molecule has 0 saturated heterocycles. The minimum absolute atomic E-state index is 0.0717. The molecule has 2 aliphatic rings. The van der Waals surface area contributed by atoms with Gasteiger partial charge in [0.05, 0.1) is 23.8 Å². The average Bonchev–Trinajstić information content (AvgIpc) is 3.01. The van der Waals surface area contributed by atoms with E-state index < -0.39 is 6.10 Å². The SMILES string of the molecule is CCC(O)C1=NN2c3cc(F)ccc3OCC2[C@@H]1c1ccccc1. The fourth-order valence-corrected chi connectivity index (χ4v) is 3.50. The molecule has 0 radical (unpaired) electrons. The summed E-state index contributed by atoms with van der Waals surface area (Å²) in [4.78, 5) is 0. The van der Waals surface area contributed by atoms with Gasteiger partial charge in [-0.05, 0) is 24.1 Å². The second-order valence-corrected chi connectivity index (χ2v) is 6.17. The van der Waals surface area contributed by atoms with E-state index in [9.17, 15) is 9.50 Å². The Bertz CT molecular complexity index is 778. The molecule has 0 bridgehead atoms. The Morgan fingerprint density at radius 2 is 2.08 bits per heavy atom. The Labute approximate surface area is 140 Å². The zero-order chi connectivity index (χ0) is 16.7. The summed E-state index contributed by atoms with van der Waals surface area (Å²) >= 11 is 0. The van der Waals surface area contributed by atoms with Crippen molar-refractivity contribution in [2.24, 2.45) is 5.10 Å². The third kappa shape index (κ3) is 2.36. The zero-order valence-corrected chi connectivity index (χ0v) is 13.4. The maximum Gasteiger partial charge on any atom is 0.144 e. The molecular formula is C19H19FN2O2. The van der Waals surface area contributed by atoms with Gasteiger partial charge in [-0.2, -0.15) is 5.10 Å². The summed E-state index contributed by atoms with van der Waals surface area (Å²) in [6.07, 6.45) is -0.0441. The minimum Gasteiger partial charge on any atom is -0.489 e. The third-order valence-electron chi connectivity index (χ3n) is 4.70. The lowest BCUT2D eigenvalue weighted by Gasteiger charge is -2.34. The fraction of sp³-hybridized carbons (Fsp3) is 0.316. The highest BCUT2D eigenvalue weighted by Gasteiger charge is 2.44. The molecule has 1 N–H and O–H groups in total. The molecule has 2 heterocycles. The van der Waals surface area contributed by atoms with Crippen molar-refractivity contribution in [3.8, 4) is 5.75 Å². The van der Waals surface area contributed by atoms with Crippen LogP contribution in [-0.4, -0.2) is 29.6 Å². The van der Waals surface area contributed by atoms with Gasteiger partial charge in [-0.3, -0.25) is 5.01 Å². The first-order chi connectivity index (χ1) is 11.7. The van der Waals surface area contributed by atoms with Gasteiger partial charge in [0.25, 0.3) is 0 Å². The van der Waals surface area contributed by atoms with Crippen LogP contribution in [0.3, 0.4) is 0 Å². The van der Waals surface area contributed by atoms with Gasteiger partial charge in [0.2, 0.25) is 0 Å². The summed E-state index contributed by atoms with van der Waals surface area (Å²) in [6, 6.07) is 14.4. The molecule has 24 heavy (non-hydrogen) atoms. The molecule has 0 spiro atoms. The number of hydrogen-bond donors (Lipinski definition) is 1. The van der Waals surface area contributed by atoms with Crippen molar-refractivity contribution >= 4 is 11.4 Å². The highest BCUT2D eigenvalue weighted by atomic mass is 19.1. The van der Waals surface area contributed by atoms with Crippen LogP contribution in [-0.2, 0) is 0 Å². The molecule has 2 aliphatic heterocycles. The summed E-state index contributed by atoms with van der Waals surface area (Å²) in [5.41, 5.74) is 2.42. The van der Waals surface area contributed by atoms with Gasteiger partial charge < -0.3 is 9.84 Å². The maximum absolute atomic E-state index is 13.7. The predicted molar refractivity (Wildman–Crippen MR) is 91.1 cm³/mol. The Hall–Kier alpha value is -2.40. The number of rotatable bonds is 3. The van der Waals surface area contributed by atoms with Gasteiger partial charge in [-0.1, -0.05) is 37.3 Å². The van der Waals surface area contributed by atoms with Gasteiger partial charge in [0.15, 0.2) is 0 Å². The molecule has 2 aromatic carbocycles. The minimum atomic E-state index is -0.627. The van der Waals surface area contributed by atoms with Crippen LogP contribution in [0, 0.1) is 5.82 Å². The van der Waals surface area contributed by atoms with E-state index in [1.807, 2.05) is 42.3 Å². The van der Waals surface area contributed by atoms with Crippen molar-refractivity contribution < 1.29 is 14.2 Å². The van der Waals surface area contributed by atoms with E-state index in [4.69, 9.17) is 4.74 Å². The lowest BCUT2D eigenvalue weighted by molar-refractivity contribution is 0.230. The van der Waals surface area contributed by atoms with E-state index in [-0.39, 0.29) is 17.8 Å². The number of aliphatic hydroxyl groups is 1. The van der Waals surface area contributed by atoms with Crippen LogP contribution in [0.15, 0.2) is 53.6 Å². The monoisotopic (exact) mass is 326 g/mol. The van der Waals surface area contributed by atoms with Crippen LogP contribution in [0.25, 0.3) is 0 Å². The van der Waals surface area contributed by atoms with E-state index in [2.05, 4.69) is 5.10 Å². The summed E-state index contributed by atoms with van der Waals surface area (Å²) < 4.78 is 19.6. The standard InChI is InChI=1S/C19H19FN2O2/c1-2-16(23)19-18(12-6-4-3-5-7-12)15-11-24-17-9-8-13(20)10-14(17)22(15)21-19/h3-10,15-16,18,23H,2,11H2,1H3/t15?,16?,18-/m0/s1. The number of halogens is 1. The Balaban J connectivity index is 1.81. The number of anilines is 1. The molecule has 4 rings (SSSR count). The summed E-state index contributed by atoms with van der Waals surface area (Å²) in [5.74, 6) is 0.224. The van der Waals surface area contributed by atoms with Crippen molar-refractivity contribution in [3.63, 3.8) is 0 Å². The van der Waals surface area contributed by atoms with E-state index >= 15 is 0 Å². The molecule has 2 unspecified atom stereocenters. The van der Waals surface area contributed by atoms with Crippen molar-refractivity contribution in [1.82, 2.24) is 0 Å².